The third-order valence-corrected chi connectivity index (χ3v) is 3.29. The molecule has 1 aromatic rings. The Hall–Kier alpha value is -1.29. The molecule has 0 radical (unpaired) electrons. The minimum absolute atomic E-state index is 0.00256. The highest BCUT2D eigenvalue weighted by Crippen LogP contribution is 2.16. The highest BCUT2D eigenvalue weighted by atomic mass is 35.5. The fraction of sp³-hybridized carbons (Fsp3) is 0.500. The number of hydrogen-bond acceptors (Lipinski definition) is 2. The molecule has 1 amide bonds. The van der Waals surface area contributed by atoms with Gasteiger partial charge in [-0.2, -0.15) is 0 Å². The van der Waals surface area contributed by atoms with Crippen LogP contribution in [0.5, 0.6) is 0 Å². The molecule has 1 saturated heterocycles. The van der Waals surface area contributed by atoms with E-state index < -0.39 is 0 Å². The van der Waals surface area contributed by atoms with E-state index in [2.05, 4.69) is 4.98 Å². The topological polar surface area (TPSA) is 53.2 Å². The van der Waals surface area contributed by atoms with Crippen LogP contribution in [0.25, 0.3) is 0 Å². The Morgan fingerprint density at radius 2 is 2.35 bits per heavy atom. The molecule has 0 saturated carbocycles. The molecule has 1 aliphatic rings. The summed E-state index contributed by atoms with van der Waals surface area (Å²) in [7, 11) is 0. The number of carbonyl (C=O) groups excluding carboxylic acids is 1. The molecule has 4 nitrogen and oxygen atoms in total. The van der Waals surface area contributed by atoms with Crippen LogP contribution in [0.2, 0.25) is 0 Å². The number of hydrogen-bond donors (Lipinski definition) is 1. The van der Waals surface area contributed by atoms with Gasteiger partial charge in [0.2, 0.25) is 0 Å². The van der Waals surface area contributed by atoms with Crippen LogP contribution in [0.15, 0.2) is 17.1 Å². The summed E-state index contributed by atoms with van der Waals surface area (Å²) in [4.78, 5) is 28.4. The third kappa shape index (κ3) is 2.69. The largest absolute Gasteiger partial charge is 0.364 e. The first-order valence-corrected chi connectivity index (χ1v) is 6.14. The molecule has 0 aromatic carbocycles. The maximum atomic E-state index is 12.1. The summed E-state index contributed by atoms with van der Waals surface area (Å²) in [6.07, 6.45) is 3.30. The number of carbonyl (C=O) groups is 1. The number of aryl methyl sites for hydroxylation is 1. The van der Waals surface area contributed by atoms with Crippen LogP contribution < -0.4 is 5.43 Å². The van der Waals surface area contributed by atoms with E-state index in [0.29, 0.717) is 13.1 Å². The van der Waals surface area contributed by atoms with Crippen LogP contribution in [0.1, 0.15) is 28.9 Å². The number of piperidine rings is 1. The van der Waals surface area contributed by atoms with Crippen molar-refractivity contribution in [2.24, 2.45) is 0 Å². The Balaban J connectivity index is 2.22. The second-order valence-corrected chi connectivity index (χ2v) is 5.00. The van der Waals surface area contributed by atoms with Gasteiger partial charge in [-0.15, -0.1) is 11.6 Å². The molecular formula is C12H15ClN2O2. The van der Waals surface area contributed by atoms with Crippen LogP contribution in [0, 0.1) is 6.92 Å². The molecule has 17 heavy (non-hydrogen) atoms. The summed E-state index contributed by atoms with van der Waals surface area (Å²) in [6.45, 7) is 2.98. The zero-order chi connectivity index (χ0) is 12.4. The van der Waals surface area contributed by atoms with Crippen molar-refractivity contribution < 1.29 is 4.79 Å². The van der Waals surface area contributed by atoms with Crippen LogP contribution in [-0.4, -0.2) is 34.3 Å². The van der Waals surface area contributed by atoms with Crippen molar-refractivity contribution in [2.75, 3.05) is 13.1 Å². The van der Waals surface area contributed by atoms with Gasteiger partial charge in [-0.1, -0.05) is 0 Å². The van der Waals surface area contributed by atoms with Gasteiger partial charge in [-0.25, -0.2) is 0 Å². The first-order valence-electron chi connectivity index (χ1n) is 5.70. The average Bonchev–Trinajstić information content (AvgIpc) is 2.28. The van der Waals surface area contributed by atoms with Gasteiger partial charge in [-0.3, -0.25) is 9.59 Å². The number of pyridine rings is 1. The van der Waals surface area contributed by atoms with E-state index in [1.54, 1.807) is 11.8 Å². The summed E-state index contributed by atoms with van der Waals surface area (Å²) in [5.74, 6) is -0.225. The SMILES string of the molecule is Cc1cc(=O)c(C(=O)N2CCCC(Cl)C2)c[nH]1. The summed E-state index contributed by atoms with van der Waals surface area (Å²) >= 11 is 6.03. The van der Waals surface area contributed by atoms with E-state index in [1.807, 2.05) is 0 Å². The van der Waals surface area contributed by atoms with Crippen molar-refractivity contribution in [3.8, 4) is 0 Å². The number of halogens is 1. The number of alkyl halides is 1. The second-order valence-electron chi connectivity index (χ2n) is 4.38. The molecular weight excluding hydrogens is 240 g/mol. The molecule has 92 valence electrons. The van der Waals surface area contributed by atoms with Gasteiger partial charge in [0, 0.05) is 31.0 Å². The first kappa shape index (κ1) is 12.2. The van der Waals surface area contributed by atoms with Crippen LogP contribution in [0.4, 0.5) is 0 Å². The average molecular weight is 255 g/mol. The Bertz CT molecular complexity index is 484. The lowest BCUT2D eigenvalue weighted by Crippen LogP contribution is -2.42. The van der Waals surface area contributed by atoms with Gasteiger partial charge >= 0.3 is 0 Å². The number of nitrogens with zero attached hydrogens (tertiary/aromatic N) is 1. The Labute approximate surface area is 105 Å². The standard InChI is InChI=1S/C12H15ClN2O2/c1-8-5-11(16)10(6-14-8)12(17)15-4-2-3-9(13)7-15/h5-6,9H,2-4,7H2,1H3,(H,14,16). The van der Waals surface area contributed by atoms with Crippen molar-refractivity contribution in [3.05, 3.63) is 33.7 Å². The smallest absolute Gasteiger partial charge is 0.259 e. The number of amides is 1. The van der Waals surface area contributed by atoms with Gasteiger partial charge in [0.15, 0.2) is 5.43 Å². The molecule has 0 spiro atoms. The van der Waals surface area contributed by atoms with Gasteiger partial charge in [-0.05, 0) is 19.8 Å². The molecule has 2 heterocycles. The normalized spacial score (nSPS) is 20.4. The highest BCUT2D eigenvalue weighted by Gasteiger charge is 2.24. The Morgan fingerprint density at radius 3 is 3.00 bits per heavy atom. The van der Waals surface area contributed by atoms with Gasteiger partial charge in [0.05, 0.1) is 5.38 Å². The van der Waals surface area contributed by atoms with Crippen LogP contribution >= 0.6 is 11.6 Å². The van der Waals surface area contributed by atoms with E-state index in [0.717, 1.165) is 18.5 Å². The minimum atomic E-state index is -0.233. The van der Waals surface area contributed by atoms with E-state index in [9.17, 15) is 9.59 Å². The molecule has 0 aliphatic carbocycles. The molecule has 1 N–H and O–H groups in total. The van der Waals surface area contributed by atoms with E-state index in [1.165, 1.54) is 12.3 Å². The number of likely N-dealkylation sites (tertiary alicyclic amines) is 1. The lowest BCUT2D eigenvalue weighted by molar-refractivity contribution is 0.0725. The van der Waals surface area contributed by atoms with Crippen LogP contribution in [0.3, 0.4) is 0 Å². The molecule has 0 bridgehead atoms. The van der Waals surface area contributed by atoms with Crippen molar-refractivity contribution in [3.63, 3.8) is 0 Å². The van der Waals surface area contributed by atoms with Crippen LogP contribution in [-0.2, 0) is 0 Å². The predicted molar refractivity (Wildman–Crippen MR) is 66.6 cm³/mol. The number of aromatic nitrogens is 1. The molecule has 5 heteroatoms. The predicted octanol–water partition coefficient (Wildman–Crippen LogP) is 1.53. The van der Waals surface area contributed by atoms with E-state index in [-0.39, 0.29) is 22.3 Å². The molecule has 1 aromatic heterocycles. The Kier molecular flexibility index (Phi) is 3.52. The fourth-order valence-electron chi connectivity index (χ4n) is 2.02. The highest BCUT2D eigenvalue weighted by molar-refractivity contribution is 6.21. The van der Waals surface area contributed by atoms with Gasteiger partial charge < -0.3 is 9.88 Å². The molecule has 1 fully saturated rings. The Morgan fingerprint density at radius 1 is 1.59 bits per heavy atom. The van der Waals surface area contributed by atoms with Crippen molar-refractivity contribution in [1.82, 2.24) is 9.88 Å². The zero-order valence-corrected chi connectivity index (χ0v) is 10.5. The molecule has 1 atom stereocenters. The molecule has 1 aliphatic heterocycles. The molecule has 2 rings (SSSR count). The lowest BCUT2D eigenvalue weighted by atomic mass is 10.1. The zero-order valence-electron chi connectivity index (χ0n) is 9.70. The summed E-state index contributed by atoms with van der Waals surface area (Å²) in [5, 5.41) is -0.00256. The third-order valence-electron chi connectivity index (χ3n) is 2.94. The summed E-state index contributed by atoms with van der Waals surface area (Å²) in [5.41, 5.74) is 0.713. The quantitative estimate of drug-likeness (QED) is 0.773. The maximum absolute atomic E-state index is 12.1. The lowest BCUT2D eigenvalue weighted by Gasteiger charge is -2.29. The minimum Gasteiger partial charge on any atom is -0.364 e. The molecule has 1 unspecified atom stereocenters. The number of H-pyrrole nitrogens is 1. The van der Waals surface area contributed by atoms with E-state index in [4.69, 9.17) is 11.6 Å². The number of aromatic amines is 1. The summed E-state index contributed by atoms with van der Waals surface area (Å²) < 4.78 is 0. The van der Waals surface area contributed by atoms with Crippen molar-refractivity contribution in [2.45, 2.75) is 25.1 Å². The number of rotatable bonds is 1. The van der Waals surface area contributed by atoms with Gasteiger partial charge in [0.25, 0.3) is 5.91 Å². The summed E-state index contributed by atoms with van der Waals surface area (Å²) in [6, 6.07) is 1.44. The van der Waals surface area contributed by atoms with Crippen molar-refractivity contribution in [1.29, 1.82) is 0 Å². The number of nitrogens with one attached hydrogen (secondary N) is 1. The second kappa shape index (κ2) is 4.92. The van der Waals surface area contributed by atoms with E-state index >= 15 is 0 Å². The monoisotopic (exact) mass is 254 g/mol. The fourth-order valence-corrected chi connectivity index (χ4v) is 2.34. The van der Waals surface area contributed by atoms with Gasteiger partial charge in [0.1, 0.15) is 5.56 Å². The maximum Gasteiger partial charge on any atom is 0.259 e. The van der Waals surface area contributed by atoms with Crippen molar-refractivity contribution >= 4 is 17.5 Å². The first-order chi connectivity index (χ1) is 8.08.